The fourth-order valence-corrected chi connectivity index (χ4v) is 9.46. The number of benzene rings is 10. The molecule has 0 aliphatic carbocycles. The number of hydrogen-bond acceptors (Lipinski definition) is 4. The summed E-state index contributed by atoms with van der Waals surface area (Å²) in [7, 11) is 0. The largest absolute Gasteiger partial charge is 0.456 e. The van der Waals surface area contributed by atoms with E-state index in [-0.39, 0.29) is 0 Å². The molecule has 0 unspecified atom stereocenters. The Balaban J connectivity index is 1.12. The van der Waals surface area contributed by atoms with E-state index < -0.39 is 0 Å². The van der Waals surface area contributed by atoms with Crippen LogP contribution in [-0.2, 0) is 0 Å². The van der Waals surface area contributed by atoms with Gasteiger partial charge in [-0.05, 0) is 85.6 Å². The monoisotopic (exact) mass is 764 g/mol. The van der Waals surface area contributed by atoms with E-state index in [1.165, 1.54) is 21.5 Å². The highest BCUT2D eigenvalue weighted by atomic mass is 16.3. The quantitative estimate of drug-likeness (QED) is 0.179. The molecule has 0 N–H and O–H groups in total. The average Bonchev–Trinajstić information content (AvgIpc) is 3.85. The molecule has 0 fully saturated rings. The molecule has 0 aliphatic heterocycles. The van der Waals surface area contributed by atoms with Crippen LogP contribution in [0.15, 0.2) is 199 Å². The molecule has 0 saturated heterocycles. The summed E-state index contributed by atoms with van der Waals surface area (Å²) in [6, 6.07) is 68.6. The minimum atomic E-state index is 0.583. The average molecular weight is 765 g/mol. The molecule has 0 radical (unpaired) electrons. The Kier molecular flexibility index (Phi) is 6.95. The van der Waals surface area contributed by atoms with Crippen molar-refractivity contribution in [2.75, 3.05) is 0 Å². The third kappa shape index (κ3) is 4.90. The number of fused-ring (bicyclic) bond motifs is 11. The van der Waals surface area contributed by atoms with E-state index in [0.29, 0.717) is 17.5 Å². The Morgan fingerprint density at radius 1 is 0.317 bits per heavy atom. The van der Waals surface area contributed by atoms with Gasteiger partial charge in [-0.15, -0.1) is 0 Å². The van der Waals surface area contributed by atoms with E-state index in [2.05, 4.69) is 187 Å². The second kappa shape index (κ2) is 12.7. The van der Waals surface area contributed by atoms with Crippen LogP contribution in [0.2, 0.25) is 0 Å². The Bertz CT molecular complexity index is 3810. The molecule has 0 atom stereocenters. The molecule has 278 valence electrons. The van der Waals surface area contributed by atoms with Crippen LogP contribution >= 0.6 is 0 Å². The third-order valence-corrected chi connectivity index (χ3v) is 12.2. The maximum Gasteiger partial charge on any atom is 0.164 e. The van der Waals surface area contributed by atoms with E-state index in [1.807, 2.05) is 12.1 Å². The first-order chi connectivity index (χ1) is 29.7. The van der Waals surface area contributed by atoms with Gasteiger partial charge in [0.25, 0.3) is 0 Å². The van der Waals surface area contributed by atoms with Gasteiger partial charge in [0, 0.05) is 43.9 Å². The van der Waals surface area contributed by atoms with E-state index >= 15 is 0 Å². The molecule has 5 nitrogen and oxygen atoms in total. The highest BCUT2D eigenvalue weighted by Crippen LogP contribution is 2.43. The highest BCUT2D eigenvalue weighted by Gasteiger charge is 2.22. The lowest BCUT2D eigenvalue weighted by Crippen LogP contribution is -2.01. The molecule has 0 bridgehead atoms. The topological polar surface area (TPSA) is 56.7 Å². The number of nitrogens with zero attached hydrogens (tertiary/aromatic N) is 4. The van der Waals surface area contributed by atoms with Crippen LogP contribution < -0.4 is 0 Å². The molecule has 3 aromatic heterocycles. The van der Waals surface area contributed by atoms with Crippen molar-refractivity contribution in [1.82, 2.24) is 19.5 Å². The summed E-state index contributed by atoms with van der Waals surface area (Å²) in [5.41, 5.74) is 7.78. The Morgan fingerprint density at radius 2 is 0.867 bits per heavy atom. The van der Waals surface area contributed by atoms with Gasteiger partial charge in [-0.1, -0.05) is 152 Å². The minimum Gasteiger partial charge on any atom is -0.456 e. The van der Waals surface area contributed by atoms with Crippen LogP contribution in [0.1, 0.15) is 0 Å². The summed E-state index contributed by atoms with van der Waals surface area (Å²) in [6.45, 7) is 0. The van der Waals surface area contributed by atoms with Gasteiger partial charge in [-0.3, -0.25) is 0 Å². The van der Waals surface area contributed by atoms with Crippen molar-refractivity contribution < 1.29 is 4.42 Å². The molecule has 3 heterocycles. The summed E-state index contributed by atoms with van der Waals surface area (Å²) < 4.78 is 9.11. The number of rotatable bonds is 4. The Morgan fingerprint density at radius 3 is 1.57 bits per heavy atom. The molecular formula is C55H32N4O. The van der Waals surface area contributed by atoms with Crippen LogP contribution in [0.5, 0.6) is 0 Å². The van der Waals surface area contributed by atoms with Crippen molar-refractivity contribution in [3.63, 3.8) is 0 Å². The molecule has 0 aliphatic rings. The number of aromatic nitrogens is 4. The van der Waals surface area contributed by atoms with Gasteiger partial charge in [0.05, 0.1) is 11.0 Å². The van der Waals surface area contributed by atoms with Crippen molar-refractivity contribution >= 4 is 86.8 Å². The zero-order chi connectivity index (χ0) is 39.3. The molecule has 0 saturated carbocycles. The van der Waals surface area contributed by atoms with Crippen LogP contribution in [-0.4, -0.2) is 19.5 Å². The summed E-state index contributed by atoms with van der Waals surface area (Å²) >= 11 is 0. The summed E-state index contributed by atoms with van der Waals surface area (Å²) in [6.07, 6.45) is 0. The van der Waals surface area contributed by atoms with Crippen LogP contribution in [0.3, 0.4) is 0 Å². The zero-order valence-electron chi connectivity index (χ0n) is 32.2. The van der Waals surface area contributed by atoms with Crippen LogP contribution in [0.4, 0.5) is 0 Å². The first kappa shape index (κ1) is 32.9. The van der Waals surface area contributed by atoms with Gasteiger partial charge < -0.3 is 8.98 Å². The SMILES string of the molecule is c1ccc2cc3c(cc2c1)c1ccccc1n3-c1ccc2c(-c3nc(-c4cccc5ccccc45)nc(-c4cccc5ccccc45)n3)cc3oc4ccccc4c3c2c1. The first-order valence-corrected chi connectivity index (χ1v) is 20.3. The maximum atomic E-state index is 6.71. The lowest BCUT2D eigenvalue weighted by Gasteiger charge is -2.14. The van der Waals surface area contributed by atoms with Gasteiger partial charge in [0.2, 0.25) is 0 Å². The van der Waals surface area contributed by atoms with Crippen molar-refractivity contribution in [2.24, 2.45) is 0 Å². The predicted octanol–water partition coefficient (Wildman–Crippen LogP) is 14.5. The molecule has 5 heteroatoms. The summed E-state index contributed by atoms with van der Waals surface area (Å²) in [5.74, 6) is 1.82. The Labute approximate surface area is 343 Å². The van der Waals surface area contributed by atoms with Gasteiger partial charge in [-0.2, -0.15) is 0 Å². The van der Waals surface area contributed by atoms with E-state index in [1.54, 1.807) is 0 Å². The molecule has 10 aromatic carbocycles. The van der Waals surface area contributed by atoms with Gasteiger partial charge >= 0.3 is 0 Å². The predicted molar refractivity (Wildman–Crippen MR) is 248 cm³/mol. The number of furan rings is 1. The van der Waals surface area contributed by atoms with Gasteiger partial charge in [0.1, 0.15) is 11.2 Å². The molecule has 0 spiro atoms. The van der Waals surface area contributed by atoms with Crippen LogP contribution in [0, 0.1) is 0 Å². The van der Waals surface area contributed by atoms with Crippen LogP contribution in [0.25, 0.3) is 127 Å². The zero-order valence-corrected chi connectivity index (χ0v) is 32.2. The Hall–Kier alpha value is -8.15. The van der Waals surface area contributed by atoms with Crippen molar-refractivity contribution in [1.29, 1.82) is 0 Å². The van der Waals surface area contributed by atoms with Crippen molar-refractivity contribution in [3.05, 3.63) is 194 Å². The van der Waals surface area contributed by atoms with E-state index in [0.717, 1.165) is 87.7 Å². The fourth-order valence-electron chi connectivity index (χ4n) is 9.46. The molecule has 60 heavy (non-hydrogen) atoms. The number of para-hydroxylation sites is 2. The van der Waals surface area contributed by atoms with E-state index in [4.69, 9.17) is 19.4 Å². The lowest BCUT2D eigenvalue weighted by atomic mass is 9.97. The second-order valence-corrected chi connectivity index (χ2v) is 15.6. The van der Waals surface area contributed by atoms with E-state index in [9.17, 15) is 0 Å². The first-order valence-electron chi connectivity index (χ1n) is 20.3. The standard InChI is InChI=1S/C55H32N4O/c1-2-16-36-30-49-45(29-35(36)15-1)41-21-7-9-25-48(41)59(49)37-27-28-40-46(31-37)52-44-22-8-10-26-50(44)60-51(52)32-47(40)55-57-53(42-23-11-17-33-13-3-5-19-38(33)42)56-54(58-55)43-24-12-18-34-14-4-6-20-39(34)43/h1-32H. The van der Waals surface area contributed by atoms with Crippen molar-refractivity contribution in [3.8, 4) is 39.9 Å². The smallest absolute Gasteiger partial charge is 0.164 e. The minimum absolute atomic E-state index is 0.583. The number of hydrogen-bond donors (Lipinski definition) is 0. The molecule has 13 aromatic rings. The molecular weight excluding hydrogens is 733 g/mol. The maximum absolute atomic E-state index is 6.71. The summed E-state index contributed by atoms with van der Waals surface area (Å²) in [4.78, 5) is 16.0. The fraction of sp³-hybridized carbons (Fsp3) is 0. The second-order valence-electron chi connectivity index (χ2n) is 15.6. The van der Waals surface area contributed by atoms with Gasteiger partial charge in [-0.25, -0.2) is 15.0 Å². The van der Waals surface area contributed by atoms with Gasteiger partial charge in [0.15, 0.2) is 17.5 Å². The third-order valence-electron chi connectivity index (χ3n) is 12.2. The lowest BCUT2D eigenvalue weighted by molar-refractivity contribution is 0.669. The normalized spacial score (nSPS) is 12.0. The van der Waals surface area contributed by atoms with Crippen molar-refractivity contribution in [2.45, 2.75) is 0 Å². The summed E-state index contributed by atoms with van der Waals surface area (Å²) in [5, 5.41) is 13.5. The molecule has 13 rings (SSSR count). The highest BCUT2D eigenvalue weighted by molar-refractivity contribution is 6.22. The molecule has 0 amide bonds.